The smallest absolute Gasteiger partial charge is 0.0632 e. The van der Waals surface area contributed by atoms with Crippen molar-refractivity contribution >= 4 is 0 Å². The van der Waals surface area contributed by atoms with Gasteiger partial charge in [-0.25, -0.2) is 0 Å². The quantitative estimate of drug-likeness (QED) is 0.742. The van der Waals surface area contributed by atoms with Gasteiger partial charge in [0.05, 0.1) is 5.60 Å². The van der Waals surface area contributed by atoms with Crippen molar-refractivity contribution < 1.29 is 4.74 Å². The number of hydrogen-bond acceptors (Lipinski definition) is 3. The van der Waals surface area contributed by atoms with Gasteiger partial charge >= 0.3 is 0 Å². The predicted molar refractivity (Wildman–Crippen MR) is 94.4 cm³/mol. The van der Waals surface area contributed by atoms with E-state index in [-0.39, 0.29) is 5.60 Å². The molecule has 2 fully saturated rings. The lowest BCUT2D eigenvalue weighted by atomic mass is 9.72. The van der Waals surface area contributed by atoms with Crippen molar-refractivity contribution in [3.05, 3.63) is 0 Å². The minimum absolute atomic E-state index is 0.0280. The Morgan fingerprint density at radius 3 is 2.27 bits per heavy atom. The predicted octanol–water partition coefficient (Wildman–Crippen LogP) is 3.78. The lowest BCUT2D eigenvalue weighted by Crippen LogP contribution is -2.53. The van der Waals surface area contributed by atoms with Gasteiger partial charge in [-0.2, -0.15) is 0 Å². The zero-order chi connectivity index (χ0) is 16.2. The van der Waals surface area contributed by atoms with Crippen molar-refractivity contribution in [2.45, 2.75) is 77.4 Å². The molecule has 1 saturated carbocycles. The van der Waals surface area contributed by atoms with Crippen LogP contribution in [0.4, 0.5) is 0 Å². The Morgan fingerprint density at radius 2 is 1.73 bits per heavy atom. The molecule has 2 rings (SSSR count). The summed E-state index contributed by atoms with van der Waals surface area (Å²) in [6.45, 7) is 11.4. The van der Waals surface area contributed by atoms with Gasteiger partial charge in [0.25, 0.3) is 0 Å². The van der Waals surface area contributed by atoms with Crippen molar-refractivity contribution in [3.63, 3.8) is 0 Å². The highest BCUT2D eigenvalue weighted by atomic mass is 16.5. The second-order valence-electron chi connectivity index (χ2n) is 8.63. The molecule has 3 heteroatoms. The van der Waals surface area contributed by atoms with Crippen LogP contribution in [0.2, 0.25) is 0 Å². The number of ether oxygens (including phenoxy) is 1. The summed E-state index contributed by atoms with van der Waals surface area (Å²) in [4.78, 5) is 5.18. The number of rotatable bonds is 6. The van der Waals surface area contributed by atoms with Crippen LogP contribution in [-0.2, 0) is 4.74 Å². The van der Waals surface area contributed by atoms with Crippen LogP contribution in [0.3, 0.4) is 0 Å². The fourth-order valence-electron chi connectivity index (χ4n) is 4.95. The van der Waals surface area contributed by atoms with Gasteiger partial charge < -0.3 is 14.5 Å². The summed E-state index contributed by atoms with van der Waals surface area (Å²) < 4.78 is 6.03. The van der Waals surface area contributed by atoms with E-state index in [0.29, 0.717) is 5.41 Å². The summed E-state index contributed by atoms with van der Waals surface area (Å²) in [5.41, 5.74) is 0.416. The van der Waals surface area contributed by atoms with Crippen molar-refractivity contribution in [2.75, 3.05) is 40.3 Å². The molecule has 130 valence electrons. The second kappa shape index (κ2) is 7.63. The Morgan fingerprint density at radius 1 is 1.05 bits per heavy atom. The average Bonchev–Trinajstić information content (AvgIpc) is 2.44. The van der Waals surface area contributed by atoms with E-state index in [4.69, 9.17) is 4.74 Å². The molecule has 1 aliphatic carbocycles. The third kappa shape index (κ3) is 4.94. The van der Waals surface area contributed by atoms with Gasteiger partial charge in [-0.15, -0.1) is 0 Å². The summed E-state index contributed by atoms with van der Waals surface area (Å²) in [6, 6.07) is 0.823. The van der Waals surface area contributed by atoms with Crippen molar-refractivity contribution in [1.82, 2.24) is 9.80 Å². The Labute approximate surface area is 138 Å². The molecule has 0 aromatic heterocycles. The minimum atomic E-state index is 0.0280. The summed E-state index contributed by atoms with van der Waals surface area (Å²) in [5, 5.41) is 0. The third-order valence-electron chi connectivity index (χ3n) is 5.61. The zero-order valence-corrected chi connectivity index (χ0v) is 15.7. The van der Waals surface area contributed by atoms with Gasteiger partial charge in [-0.1, -0.05) is 26.2 Å². The normalized spacial score (nSPS) is 30.1. The van der Waals surface area contributed by atoms with Gasteiger partial charge in [-0.05, 0) is 60.2 Å². The van der Waals surface area contributed by atoms with Crippen LogP contribution in [0.1, 0.15) is 65.7 Å². The van der Waals surface area contributed by atoms with E-state index in [1.54, 1.807) is 0 Å². The third-order valence-corrected chi connectivity index (χ3v) is 5.61. The standard InChI is InChI=1S/C19H38N2O/c1-6-21(17-10-8-7-9-11-17)16-19(15-20(4)5)12-13-22-18(2,3)14-19/h17H,6-16H2,1-5H3/t19-/m0/s1. The van der Waals surface area contributed by atoms with Crippen LogP contribution in [-0.4, -0.2) is 61.8 Å². The van der Waals surface area contributed by atoms with Crippen molar-refractivity contribution in [1.29, 1.82) is 0 Å². The van der Waals surface area contributed by atoms with Crippen LogP contribution in [0.15, 0.2) is 0 Å². The molecule has 0 spiro atoms. The molecule has 22 heavy (non-hydrogen) atoms. The summed E-state index contributed by atoms with van der Waals surface area (Å²) in [5.74, 6) is 0. The van der Waals surface area contributed by atoms with Crippen LogP contribution >= 0.6 is 0 Å². The topological polar surface area (TPSA) is 15.7 Å². The fourth-order valence-corrected chi connectivity index (χ4v) is 4.95. The summed E-state index contributed by atoms with van der Waals surface area (Å²) >= 11 is 0. The van der Waals surface area contributed by atoms with Crippen molar-refractivity contribution in [2.24, 2.45) is 5.41 Å². The highest BCUT2D eigenvalue weighted by Gasteiger charge is 2.42. The molecule has 1 saturated heterocycles. The first kappa shape index (κ1) is 18.2. The van der Waals surface area contributed by atoms with Gasteiger partial charge in [-0.3, -0.25) is 0 Å². The van der Waals surface area contributed by atoms with E-state index in [9.17, 15) is 0 Å². The molecule has 0 radical (unpaired) electrons. The van der Waals surface area contributed by atoms with Gasteiger partial charge in [0.2, 0.25) is 0 Å². The van der Waals surface area contributed by atoms with E-state index in [1.165, 1.54) is 64.6 Å². The molecule has 0 aromatic rings. The summed E-state index contributed by atoms with van der Waals surface area (Å²) in [7, 11) is 4.45. The fraction of sp³-hybridized carbons (Fsp3) is 1.00. The van der Waals surface area contributed by atoms with Crippen LogP contribution < -0.4 is 0 Å². The Kier molecular flexibility index (Phi) is 6.32. The van der Waals surface area contributed by atoms with Crippen LogP contribution in [0, 0.1) is 5.41 Å². The first-order chi connectivity index (χ1) is 10.4. The minimum Gasteiger partial charge on any atom is -0.376 e. The monoisotopic (exact) mass is 310 g/mol. The van der Waals surface area contributed by atoms with E-state index in [2.05, 4.69) is 44.7 Å². The molecule has 0 bridgehead atoms. The van der Waals surface area contributed by atoms with Gasteiger partial charge in [0.15, 0.2) is 0 Å². The average molecular weight is 311 g/mol. The lowest BCUT2D eigenvalue weighted by Gasteiger charge is -2.49. The zero-order valence-electron chi connectivity index (χ0n) is 15.7. The molecular formula is C19H38N2O. The van der Waals surface area contributed by atoms with Crippen LogP contribution in [0.25, 0.3) is 0 Å². The molecule has 1 atom stereocenters. The molecule has 1 heterocycles. The molecule has 2 aliphatic rings. The largest absolute Gasteiger partial charge is 0.376 e. The highest BCUT2D eigenvalue weighted by molar-refractivity contribution is 4.95. The summed E-state index contributed by atoms with van der Waals surface area (Å²) in [6.07, 6.45) is 9.50. The molecule has 3 nitrogen and oxygen atoms in total. The number of hydrogen-bond donors (Lipinski definition) is 0. The van der Waals surface area contributed by atoms with Gasteiger partial charge in [0.1, 0.15) is 0 Å². The Bertz CT molecular complexity index is 336. The molecule has 0 unspecified atom stereocenters. The SMILES string of the molecule is CCN(C[C@@]1(CN(C)C)CCOC(C)(C)C1)C1CCCCC1. The highest BCUT2D eigenvalue weighted by Crippen LogP contribution is 2.41. The maximum atomic E-state index is 6.03. The molecule has 0 N–H and O–H groups in total. The van der Waals surface area contributed by atoms with E-state index in [1.807, 2.05) is 0 Å². The maximum absolute atomic E-state index is 6.03. The lowest BCUT2D eigenvalue weighted by molar-refractivity contribution is -0.119. The maximum Gasteiger partial charge on any atom is 0.0632 e. The Hall–Kier alpha value is -0.120. The number of nitrogens with zero attached hydrogens (tertiary/aromatic N) is 2. The molecule has 0 amide bonds. The second-order valence-corrected chi connectivity index (χ2v) is 8.63. The van der Waals surface area contributed by atoms with Crippen LogP contribution in [0.5, 0.6) is 0 Å². The van der Waals surface area contributed by atoms with E-state index < -0.39 is 0 Å². The molecular weight excluding hydrogens is 272 g/mol. The molecule has 0 aromatic carbocycles. The van der Waals surface area contributed by atoms with E-state index in [0.717, 1.165) is 12.6 Å². The van der Waals surface area contributed by atoms with E-state index >= 15 is 0 Å². The first-order valence-electron chi connectivity index (χ1n) is 9.39. The molecule has 1 aliphatic heterocycles. The first-order valence-corrected chi connectivity index (χ1v) is 9.39. The van der Waals surface area contributed by atoms with Gasteiger partial charge in [0, 0.05) is 31.2 Å². The Balaban J connectivity index is 2.10. The van der Waals surface area contributed by atoms with Crippen molar-refractivity contribution in [3.8, 4) is 0 Å².